The summed E-state index contributed by atoms with van der Waals surface area (Å²) in [5.74, 6) is -0.271. The van der Waals surface area contributed by atoms with E-state index in [1.54, 1.807) is 6.08 Å². The predicted octanol–water partition coefficient (Wildman–Crippen LogP) is 2.87. The Balaban J connectivity index is 1.95. The zero-order valence-corrected chi connectivity index (χ0v) is 10.6. The summed E-state index contributed by atoms with van der Waals surface area (Å²) in [5, 5.41) is 9.85. The number of rotatable bonds is 5. The molecule has 0 saturated heterocycles. The Kier molecular flexibility index (Phi) is 4.65. The number of hydrogen-bond acceptors (Lipinski definition) is 2. The lowest BCUT2D eigenvalue weighted by Crippen LogP contribution is -2.20. The van der Waals surface area contributed by atoms with Crippen LogP contribution in [0, 0.1) is 0 Å². The number of aliphatic hydroxyl groups is 1. The van der Waals surface area contributed by atoms with Crippen LogP contribution in [0.15, 0.2) is 66.7 Å². The number of benzene rings is 2. The van der Waals surface area contributed by atoms with Crippen molar-refractivity contribution in [3.05, 3.63) is 77.9 Å². The van der Waals surface area contributed by atoms with E-state index in [-0.39, 0.29) is 5.78 Å². The Hall–Kier alpha value is -2.19. The molecule has 0 aliphatic rings. The molecule has 2 nitrogen and oxygen atoms in total. The molecule has 96 valence electrons. The topological polar surface area (TPSA) is 37.3 Å². The van der Waals surface area contributed by atoms with Gasteiger partial charge >= 0.3 is 0 Å². The second-order valence-corrected chi connectivity index (χ2v) is 4.35. The standard InChI is InChI=1S/C17H16O2/c18-16(12-11-14-7-3-1-4-8-14)17(19)13-15-9-5-2-6-10-15/h1-12,17,19H,13H2/b12-11+/t17-/m1/s1. The summed E-state index contributed by atoms with van der Waals surface area (Å²) >= 11 is 0. The third-order valence-corrected chi connectivity index (χ3v) is 2.84. The largest absolute Gasteiger partial charge is 0.385 e. The van der Waals surface area contributed by atoms with Crippen LogP contribution in [0.3, 0.4) is 0 Å². The summed E-state index contributed by atoms with van der Waals surface area (Å²) in [6.07, 6.45) is 2.51. The van der Waals surface area contributed by atoms with Crippen molar-refractivity contribution < 1.29 is 9.90 Å². The molecule has 0 aromatic heterocycles. The van der Waals surface area contributed by atoms with E-state index in [2.05, 4.69) is 0 Å². The van der Waals surface area contributed by atoms with E-state index in [4.69, 9.17) is 0 Å². The quantitative estimate of drug-likeness (QED) is 0.831. The second-order valence-electron chi connectivity index (χ2n) is 4.35. The lowest BCUT2D eigenvalue weighted by molar-refractivity contribution is -0.122. The van der Waals surface area contributed by atoms with Gasteiger partial charge in [0.2, 0.25) is 0 Å². The molecule has 0 radical (unpaired) electrons. The molecule has 19 heavy (non-hydrogen) atoms. The van der Waals surface area contributed by atoms with Gasteiger partial charge in [0.1, 0.15) is 6.10 Å². The van der Waals surface area contributed by atoms with Crippen molar-refractivity contribution in [3.8, 4) is 0 Å². The fourth-order valence-electron chi connectivity index (χ4n) is 1.79. The molecule has 0 spiro atoms. The van der Waals surface area contributed by atoms with Gasteiger partial charge in [0, 0.05) is 6.42 Å². The number of carbonyl (C=O) groups is 1. The van der Waals surface area contributed by atoms with Gasteiger partial charge in [-0.25, -0.2) is 0 Å². The van der Waals surface area contributed by atoms with Crippen molar-refractivity contribution in [2.45, 2.75) is 12.5 Å². The molecule has 0 fully saturated rings. The van der Waals surface area contributed by atoms with Crippen molar-refractivity contribution in [1.82, 2.24) is 0 Å². The first-order valence-electron chi connectivity index (χ1n) is 6.24. The van der Waals surface area contributed by atoms with Gasteiger partial charge in [-0.3, -0.25) is 4.79 Å². The van der Waals surface area contributed by atoms with Crippen LogP contribution in [0.1, 0.15) is 11.1 Å². The SMILES string of the molecule is O=C(/C=C/c1ccccc1)[C@H](O)Cc1ccccc1. The maximum atomic E-state index is 11.8. The van der Waals surface area contributed by atoms with E-state index < -0.39 is 6.10 Å². The Morgan fingerprint density at radius 3 is 2.21 bits per heavy atom. The third kappa shape index (κ3) is 4.19. The first kappa shape index (κ1) is 13.2. The molecule has 0 unspecified atom stereocenters. The summed E-state index contributed by atoms with van der Waals surface area (Å²) in [6, 6.07) is 19.1. The third-order valence-electron chi connectivity index (χ3n) is 2.84. The first-order valence-corrected chi connectivity index (χ1v) is 6.24. The van der Waals surface area contributed by atoms with Crippen molar-refractivity contribution in [1.29, 1.82) is 0 Å². The van der Waals surface area contributed by atoms with E-state index in [9.17, 15) is 9.90 Å². The molecule has 2 aromatic rings. The Labute approximate surface area is 113 Å². The minimum Gasteiger partial charge on any atom is -0.385 e. The zero-order chi connectivity index (χ0) is 13.5. The monoisotopic (exact) mass is 252 g/mol. The van der Waals surface area contributed by atoms with Gasteiger partial charge in [0.15, 0.2) is 5.78 Å². The molecular formula is C17H16O2. The summed E-state index contributed by atoms with van der Waals surface area (Å²) in [6.45, 7) is 0. The summed E-state index contributed by atoms with van der Waals surface area (Å²) < 4.78 is 0. The molecule has 1 N–H and O–H groups in total. The zero-order valence-electron chi connectivity index (χ0n) is 10.6. The predicted molar refractivity (Wildman–Crippen MR) is 76.6 cm³/mol. The Morgan fingerprint density at radius 1 is 1.00 bits per heavy atom. The molecule has 0 aliphatic heterocycles. The van der Waals surface area contributed by atoms with Gasteiger partial charge in [0.05, 0.1) is 0 Å². The Bertz CT molecular complexity index is 544. The smallest absolute Gasteiger partial charge is 0.184 e. The van der Waals surface area contributed by atoms with Crippen LogP contribution < -0.4 is 0 Å². The molecule has 0 amide bonds. The van der Waals surface area contributed by atoms with Gasteiger partial charge in [-0.2, -0.15) is 0 Å². The minimum absolute atomic E-state index is 0.271. The van der Waals surface area contributed by atoms with Gasteiger partial charge in [-0.15, -0.1) is 0 Å². The molecular weight excluding hydrogens is 236 g/mol. The van der Waals surface area contributed by atoms with Gasteiger partial charge in [-0.05, 0) is 17.2 Å². The number of aliphatic hydroxyl groups excluding tert-OH is 1. The fourth-order valence-corrected chi connectivity index (χ4v) is 1.79. The highest BCUT2D eigenvalue weighted by Crippen LogP contribution is 2.06. The van der Waals surface area contributed by atoms with Crippen LogP contribution in [-0.2, 0) is 11.2 Å². The molecule has 0 aliphatic carbocycles. The average Bonchev–Trinajstić information content (AvgIpc) is 2.47. The molecule has 2 heteroatoms. The molecule has 1 atom stereocenters. The van der Waals surface area contributed by atoms with Crippen molar-refractivity contribution in [3.63, 3.8) is 0 Å². The fraction of sp³-hybridized carbons (Fsp3) is 0.118. The highest BCUT2D eigenvalue weighted by atomic mass is 16.3. The normalized spacial score (nSPS) is 12.5. The average molecular weight is 252 g/mol. The van der Waals surface area contributed by atoms with Crippen LogP contribution in [0.5, 0.6) is 0 Å². The van der Waals surface area contributed by atoms with Crippen LogP contribution in [0.2, 0.25) is 0 Å². The molecule has 2 rings (SSSR count). The van der Waals surface area contributed by atoms with Crippen molar-refractivity contribution >= 4 is 11.9 Å². The van der Waals surface area contributed by atoms with Gasteiger partial charge in [0.25, 0.3) is 0 Å². The van der Waals surface area contributed by atoms with Crippen LogP contribution >= 0.6 is 0 Å². The number of carbonyl (C=O) groups excluding carboxylic acids is 1. The minimum atomic E-state index is -0.984. The highest BCUT2D eigenvalue weighted by molar-refractivity contribution is 5.96. The molecule has 0 saturated carbocycles. The van der Waals surface area contributed by atoms with E-state index in [1.807, 2.05) is 60.7 Å². The second kappa shape index (κ2) is 6.66. The lowest BCUT2D eigenvalue weighted by Gasteiger charge is -2.06. The van der Waals surface area contributed by atoms with E-state index in [0.717, 1.165) is 11.1 Å². The van der Waals surface area contributed by atoms with E-state index in [0.29, 0.717) is 6.42 Å². The maximum Gasteiger partial charge on any atom is 0.184 e. The first-order chi connectivity index (χ1) is 9.25. The summed E-state index contributed by atoms with van der Waals surface area (Å²) in [4.78, 5) is 11.8. The summed E-state index contributed by atoms with van der Waals surface area (Å²) in [7, 11) is 0. The van der Waals surface area contributed by atoms with E-state index in [1.165, 1.54) is 6.08 Å². The van der Waals surface area contributed by atoms with Gasteiger partial charge in [-0.1, -0.05) is 66.7 Å². The van der Waals surface area contributed by atoms with Crippen LogP contribution in [0.4, 0.5) is 0 Å². The van der Waals surface area contributed by atoms with Crippen LogP contribution in [0.25, 0.3) is 6.08 Å². The van der Waals surface area contributed by atoms with Gasteiger partial charge < -0.3 is 5.11 Å². The van der Waals surface area contributed by atoms with E-state index >= 15 is 0 Å². The van der Waals surface area contributed by atoms with Crippen molar-refractivity contribution in [2.24, 2.45) is 0 Å². The molecule has 2 aromatic carbocycles. The van der Waals surface area contributed by atoms with Crippen molar-refractivity contribution in [2.75, 3.05) is 0 Å². The Morgan fingerprint density at radius 2 is 1.58 bits per heavy atom. The molecule has 0 bridgehead atoms. The lowest BCUT2D eigenvalue weighted by atomic mass is 10.0. The highest BCUT2D eigenvalue weighted by Gasteiger charge is 2.12. The summed E-state index contributed by atoms with van der Waals surface area (Å²) in [5.41, 5.74) is 1.90. The molecule has 0 heterocycles. The van der Waals surface area contributed by atoms with Crippen LogP contribution in [-0.4, -0.2) is 17.0 Å². The number of hydrogen-bond donors (Lipinski definition) is 1. The maximum absolute atomic E-state index is 11.8. The number of ketones is 1.